The molecule has 0 radical (unpaired) electrons. The van der Waals surface area contributed by atoms with Crippen molar-refractivity contribution in [2.75, 3.05) is 13.7 Å². The van der Waals surface area contributed by atoms with Crippen molar-refractivity contribution in [3.05, 3.63) is 11.7 Å². The lowest BCUT2D eigenvalue weighted by atomic mass is 10.1. The average molecular weight is 241 g/mol. The van der Waals surface area contributed by atoms with Gasteiger partial charge in [-0.15, -0.1) is 0 Å². The van der Waals surface area contributed by atoms with Gasteiger partial charge in [0.05, 0.1) is 13.2 Å². The highest BCUT2D eigenvalue weighted by molar-refractivity contribution is 4.89. The van der Waals surface area contributed by atoms with E-state index in [9.17, 15) is 5.11 Å². The first-order valence-electron chi connectivity index (χ1n) is 5.98. The molecule has 0 saturated heterocycles. The highest BCUT2D eigenvalue weighted by Gasteiger charge is 2.24. The number of likely N-dealkylation sites (N-methyl/N-ethyl adjacent to an activating group) is 1. The van der Waals surface area contributed by atoms with Gasteiger partial charge in [-0.25, -0.2) is 0 Å². The summed E-state index contributed by atoms with van der Waals surface area (Å²) in [6.45, 7) is 8.83. The molecular formula is C12H23N3O2. The number of rotatable bonds is 6. The fraction of sp³-hybridized carbons (Fsp3) is 0.833. The van der Waals surface area contributed by atoms with Crippen molar-refractivity contribution in [2.24, 2.45) is 5.92 Å². The van der Waals surface area contributed by atoms with Gasteiger partial charge < -0.3 is 9.63 Å². The maximum Gasteiger partial charge on any atom is 0.240 e. The summed E-state index contributed by atoms with van der Waals surface area (Å²) in [4.78, 5) is 6.34. The molecule has 0 atom stereocenters. The van der Waals surface area contributed by atoms with Crippen LogP contribution in [0, 0.1) is 5.92 Å². The molecule has 1 heterocycles. The van der Waals surface area contributed by atoms with E-state index in [-0.39, 0.29) is 12.1 Å². The molecule has 0 aliphatic rings. The molecule has 17 heavy (non-hydrogen) atoms. The SMILES string of the molecule is CC(C)Cc1noc(CN(C)C(C)(C)CO)n1. The number of hydrogen-bond donors (Lipinski definition) is 1. The third kappa shape index (κ3) is 4.09. The highest BCUT2D eigenvalue weighted by atomic mass is 16.5. The molecule has 0 aliphatic heterocycles. The van der Waals surface area contributed by atoms with E-state index >= 15 is 0 Å². The number of aliphatic hydroxyl groups is 1. The van der Waals surface area contributed by atoms with Crippen LogP contribution in [-0.4, -0.2) is 39.3 Å². The summed E-state index contributed by atoms with van der Waals surface area (Å²) in [5.74, 6) is 1.88. The predicted octanol–water partition coefficient (Wildman–Crippen LogP) is 1.47. The topological polar surface area (TPSA) is 62.4 Å². The molecule has 5 nitrogen and oxygen atoms in total. The quantitative estimate of drug-likeness (QED) is 0.817. The lowest BCUT2D eigenvalue weighted by Crippen LogP contribution is -2.43. The van der Waals surface area contributed by atoms with E-state index in [0.717, 1.165) is 12.2 Å². The molecule has 0 unspecified atom stereocenters. The zero-order valence-electron chi connectivity index (χ0n) is 11.4. The zero-order chi connectivity index (χ0) is 13.1. The Hall–Kier alpha value is -0.940. The van der Waals surface area contributed by atoms with Gasteiger partial charge in [-0.2, -0.15) is 4.98 Å². The number of aliphatic hydroxyl groups excluding tert-OH is 1. The van der Waals surface area contributed by atoms with Crippen molar-refractivity contribution >= 4 is 0 Å². The van der Waals surface area contributed by atoms with Crippen LogP contribution in [0.25, 0.3) is 0 Å². The maximum absolute atomic E-state index is 9.26. The second-order valence-corrected chi connectivity index (χ2v) is 5.53. The Bertz CT molecular complexity index is 347. The smallest absolute Gasteiger partial charge is 0.240 e. The number of hydrogen-bond acceptors (Lipinski definition) is 5. The van der Waals surface area contributed by atoms with Crippen LogP contribution < -0.4 is 0 Å². The molecule has 0 amide bonds. The van der Waals surface area contributed by atoms with Gasteiger partial charge in [0.25, 0.3) is 0 Å². The Morgan fingerprint density at radius 3 is 2.59 bits per heavy atom. The molecule has 98 valence electrons. The van der Waals surface area contributed by atoms with Crippen molar-refractivity contribution < 1.29 is 9.63 Å². The summed E-state index contributed by atoms with van der Waals surface area (Å²) < 4.78 is 5.19. The summed E-state index contributed by atoms with van der Waals surface area (Å²) in [6.07, 6.45) is 0.830. The summed E-state index contributed by atoms with van der Waals surface area (Å²) in [7, 11) is 1.93. The highest BCUT2D eigenvalue weighted by Crippen LogP contribution is 2.14. The molecule has 1 rings (SSSR count). The van der Waals surface area contributed by atoms with Gasteiger partial charge in [0, 0.05) is 12.0 Å². The minimum absolute atomic E-state index is 0.0937. The molecule has 0 fully saturated rings. The summed E-state index contributed by atoms with van der Waals surface area (Å²) in [6, 6.07) is 0. The fourth-order valence-electron chi connectivity index (χ4n) is 1.34. The molecular weight excluding hydrogens is 218 g/mol. The number of nitrogens with zero attached hydrogens (tertiary/aromatic N) is 3. The number of aromatic nitrogens is 2. The average Bonchev–Trinajstić information content (AvgIpc) is 2.64. The minimum atomic E-state index is -0.285. The molecule has 0 spiro atoms. The second-order valence-electron chi connectivity index (χ2n) is 5.53. The van der Waals surface area contributed by atoms with Crippen LogP contribution in [0.1, 0.15) is 39.4 Å². The van der Waals surface area contributed by atoms with Gasteiger partial charge >= 0.3 is 0 Å². The van der Waals surface area contributed by atoms with Crippen molar-refractivity contribution in [1.29, 1.82) is 0 Å². The molecule has 0 saturated carbocycles. The third-order valence-corrected chi connectivity index (χ3v) is 2.89. The molecule has 0 aliphatic carbocycles. The van der Waals surface area contributed by atoms with Crippen molar-refractivity contribution in [1.82, 2.24) is 15.0 Å². The van der Waals surface area contributed by atoms with Crippen LogP contribution in [0.15, 0.2) is 4.52 Å². The van der Waals surface area contributed by atoms with Gasteiger partial charge in [0.2, 0.25) is 5.89 Å². The molecule has 0 aromatic carbocycles. The molecule has 1 N–H and O–H groups in total. The standard InChI is InChI=1S/C12H23N3O2/c1-9(2)6-10-13-11(17-14-10)7-15(5)12(3,4)8-16/h9,16H,6-8H2,1-5H3. The van der Waals surface area contributed by atoms with Gasteiger partial charge in [-0.05, 0) is 26.8 Å². The first-order valence-corrected chi connectivity index (χ1v) is 5.98. The summed E-state index contributed by atoms with van der Waals surface area (Å²) >= 11 is 0. The van der Waals surface area contributed by atoms with E-state index in [4.69, 9.17) is 4.52 Å². The van der Waals surface area contributed by atoms with Crippen LogP contribution in [-0.2, 0) is 13.0 Å². The van der Waals surface area contributed by atoms with Crippen LogP contribution in [0.5, 0.6) is 0 Å². The molecule has 1 aromatic heterocycles. The van der Waals surface area contributed by atoms with E-state index in [0.29, 0.717) is 18.4 Å². The third-order valence-electron chi connectivity index (χ3n) is 2.89. The van der Waals surface area contributed by atoms with E-state index in [1.807, 2.05) is 25.8 Å². The van der Waals surface area contributed by atoms with E-state index in [2.05, 4.69) is 24.0 Å². The first kappa shape index (κ1) is 14.1. The van der Waals surface area contributed by atoms with Crippen molar-refractivity contribution in [3.8, 4) is 0 Å². The van der Waals surface area contributed by atoms with E-state index in [1.54, 1.807) is 0 Å². The maximum atomic E-state index is 9.26. The largest absolute Gasteiger partial charge is 0.394 e. The Balaban J connectivity index is 2.60. The molecule has 0 bridgehead atoms. The van der Waals surface area contributed by atoms with Crippen molar-refractivity contribution in [2.45, 2.75) is 46.2 Å². The Morgan fingerprint density at radius 1 is 1.41 bits per heavy atom. The minimum Gasteiger partial charge on any atom is -0.394 e. The second kappa shape index (κ2) is 5.60. The predicted molar refractivity (Wildman–Crippen MR) is 65.5 cm³/mol. The monoisotopic (exact) mass is 241 g/mol. The molecule has 5 heteroatoms. The van der Waals surface area contributed by atoms with Gasteiger partial charge in [0.1, 0.15) is 0 Å². The van der Waals surface area contributed by atoms with Crippen LogP contribution in [0.3, 0.4) is 0 Å². The van der Waals surface area contributed by atoms with Crippen LogP contribution >= 0.6 is 0 Å². The zero-order valence-corrected chi connectivity index (χ0v) is 11.4. The van der Waals surface area contributed by atoms with Gasteiger partial charge in [-0.3, -0.25) is 4.90 Å². The fourth-order valence-corrected chi connectivity index (χ4v) is 1.34. The van der Waals surface area contributed by atoms with Crippen molar-refractivity contribution in [3.63, 3.8) is 0 Å². The van der Waals surface area contributed by atoms with Gasteiger partial charge in [0.15, 0.2) is 5.82 Å². The van der Waals surface area contributed by atoms with Gasteiger partial charge in [-0.1, -0.05) is 19.0 Å². The normalized spacial score (nSPS) is 12.7. The summed E-state index contributed by atoms with van der Waals surface area (Å²) in [5.41, 5.74) is -0.285. The van der Waals surface area contributed by atoms with E-state index in [1.165, 1.54) is 0 Å². The first-order chi connectivity index (χ1) is 7.85. The lowest BCUT2D eigenvalue weighted by molar-refractivity contribution is 0.0652. The summed E-state index contributed by atoms with van der Waals surface area (Å²) in [5, 5.41) is 13.2. The Morgan fingerprint density at radius 2 is 2.06 bits per heavy atom. The van der Waals surface area contributed by atoms with Crippen LogP contribution in [0.2, 0.25) is 0 Å². The van der Waals surface area contributed by atoms with E-state index < -0.39 is 0 Å². The van der Waals surface area contributed by atoms with Crippen LogP contribution in [0.4, 0.5) is 0 Å². The lowest BCUT2D eigenvalue weighted by Gasteiger charge is -2.32. The molecule has 1 aromatic rings. The Kier molecular flexibility index (Phi) is 4.65. The Labute approximate surface area is 103 Å².